The molecule has 1 aromatic heterocycles. The van der Waals surface area contributed by atoms with Gasteiger partial charge in [0.1, 0.15) is 17.6 Å². The van der Waals surface area contributed by atoms with Gasteiger partial charge in [-0.3, -0.25) is 14.9 Å². The monoisotopic (exact) mass is 286 g/mol. The molecule has 1 amide bonds. The van der Waals surface area contributed by atoms with Crippen LogP contribution in [0.5, 0.6) is 0 Å². The highest BCUT2D eigenvalue weighted by molar-refractivity contribution is 5.84. The first-order valence-electron chi connectivity index (χ1n) is 6.22. The number of rotatable bonds is 5. The van der Waals surface area contributed by atoms with Crippen molar-refractivity contribution in [2.45, 2.75) is 13.0 Å². The van der Waals surface area contributed by atoms with E-state index in [1.54, 1.807) is 24.3 Å². The van der Waals surface area contributed by atoms with Crippen molar-refractivity contribution >= 4 is 17.4 Å². The summed E-state index contributed by atoms with van der Waals surface area (Å²) in [7, 11) is 0. The van der Waals surface area contributed by atoms with Crippen molar-refractivity contribution in [3.8, 4) is 0 Å². The molecule has 0 fully saturated rings. The number of primary amides is 1. The highest BCUT2D eigenvalue weighted by Gasteiger charge is 2.19. The van der Waals surface area contributed by atoms with Crippen LogP contribution in [0.2, 0.25) is 0 Å². The average molecular weight is 286 g/mol. The molecule has 2 aromatic rings. The molecule has 1 atom stereocenters. The zero-order chi connectivity index (χ0) is 15.4. The van der Waals surface area contributed by atoms with Crippen LogP contribution in [0.1, 0.15) is 17.3 Å². The summed E-state index contributed by atoms with van der Waals surface area (Å²) < 4.78 is 0. The Morgan fingerprint density at radius 2 is 1.95 bits per heavy atom. The molecular formula is C14H14N4O3. The third-order valence-corrected chi connectivity index (χ3v) is 2.96. The molecule has 2 rings (SSSR count). The number of nitrogens with zero attached hydrogens (tertiary/aromatic N) is 2. The van der Waals surface area contributed by atoms with E-state index in [1.807, 2.05) is 6.07 Å². The number of anilines is 1. The standard InChI is InChI=1S/C14H14N4O3/c1-9-11(18(20)21)7-8-12(16-9)17-13(14(15)19)10-5-3-2-4-6-10/h2-8,13H,1H3,(H2,15,19)(H,16,17). The predicted molar refractivity (Wildman–Crippen MR) is 77.6 cm³/mol. The lowest BCUT2D eigenvalue weighted by Gasteiger charge is -2.16. The van der Waals surface area contributed by atoms with Crippen LogP contribution >= 0.6 is 0 Å². The normalized spacial score (nSPS) is 11.7. The summed E-state index contributed by atoms with van der Waals surface area (Å²) in [4.78, 5) is 25.9. The van der Waals surface area contributed by atoms with E-state index < -0.39 is 16.9 Å². The number of carbonyl (C=O) groups excluding carboxylic acids is 1. The maximum Gasteiger partial charge on any atom is 0.290 e. The summed E-state index contributed by atoms with van der Waals surface area (Å²) >= 11 is 0. The van der Waals surface area contributed by atoms with Gasteiger partial charge in [0.25, 0.3) is 5.69 Å². The van der Waals surface area contributed by atoms with Crippen molar-refractivity contribution in [1.29, 1.82) is 0 Å². The van der Waals surface area contributed by atoms with Crippen molar-refractivity contribution < 1.29 is 9.72 Å². The molecule has 0 saturated carbocycles. The fourth-order valence-electron chi connectivity index (χ4n) is 1.94. The Labute approximate surface area is 121 Å². The van der Waals surface area contributed by atoms with Gasteiger partial charge in [0, 0.05) is 6.07 Å². The molecule has 7 heteroatoms. The molecule has 0 radical (unpaired) electrons. The van der Waals surface area contributed by atoms with E-state index in [-0.39, 0.29) is 11.4 Å². The third-order valence-electron chi connectivity index (χ3n) is 2.96. The van der Waals surface area contributed by atoms with Crippen molar-refractivity contribution in [1.82, 2.24) is 4.98 Å². The summed E-state index contributed by atoms with van der Waals surface area (Å²) in [5, 5.41) is 13.6. The molecule has 3 N–H and O–H groups in total. The van der Waals surface area contributed by atoms with Gasteiger partial charge in [-0.25, -0.2) is 4.98 Å². The van der Waals surface area contributed by atoms with Gasteiger partial charge in [0.2, 0.25) is 5.91 Å². The van der Waals surface area contributed by atoms with Crippen LogP contribution in [0.4, 0.5) is 11.5 Å². The first-order valence-corrected chi connectivity index (χ1v) is 6.22. The van der Waals surface area contributed by atoms with E-state index in [1.165, 1.54) is 19.1 Å². The number of pyridine rings is 1. The molecule has 7 nitrogen and oxygen atoms in total. The largest absolute Gasteiger partial charge is 0.368 e. The molecular weight excluding hydrogens is 272 g/mol. The zero-order valence-electron chi connectivity index (χ0n) is 11.3. The molecule has 108 valence electrons. The number of carbonyl (C=O) groups is 1. The number of hydrogen-bond acceptors (Lipinski definition) is 5. The Bertz CT molecular complexity index is 673. The lowest BCUT2D eigenvalue weighted by molar-refractivity contribution is -0.385. The van der Waals surface area contributed by atoms with Crippen molar-refractivity contribution in [3.05, 3.63) is 63.8 Å². The maximum atomic E-state index is 11.6. The van der Waals surface area contributed by atoms with Gasteiger partial charge in [0.15, 0.2) is 0 Å². The molecule has 21 heavy (non-hydrogen) atoms. The highest BCUT2D eigenvalue weighted by atomic mass is 16.6. The minimum atomic E-state index is -0.750. The van der Waals surface area contributed by atoms with Gasteiger partial charge in [-0.15, -0.1) is 0 Å². The van der Waals surface area contributed by atoms with Gasteiger partial charge in [-0.1, -0.05) is 30.3 Å². The second-order valence-electron chi connectivity index (χ2n) is 4.45. The SMILES string of the molecule is Cc1nc(NC(C(N)=O)c2ccccc2)ccc1[N+](=O)[O-]. The lowest BCUT2D eigenvalue weighted by Crippen LogP contribution is -2.28. The number of aryl methyl sites for hydroxylation is 1. The molecule has 0 aliphatic heterocycles. The molecule has 1 unspecified atom stereocenters. The molecule has 0 saturated heterocycles. The summed E-state index contributed by atoms with van der Waals surface area (Å²) in [6.07, 6.45) is 0. The Balaban J connectivity index is 2.28. The first-order chi connectivity index (χ1) is 9.99. The predicted octanol–water partition coefficient (Wildman–Crippen LogP) is 1.94. The fourth-order valence-corrected chi connectivity index (χ4v) is 1.94. The van der Waals surface area contributed by atoms with Gasteiger partial charge < -0.3 is 11.1 Å². The van der Waals surface area contributed by atoms with Crippen LogP contribution in [0, 0.1) is 17.0 Å². The smallest absolute Gasteiger partial charge is 0.290 e. The summed E-state index contributed by atoms with van der Waals surface area (Å²) in [5.74, 6) is -0.204. The van der Waals surface area contributed by atoms with Crippen molar-refractivity contribution in [3.63, 3.8) is 0 Å². The topological polar surface area (TPSA) is 111 Å². The fraction of sp³-hybridized carbons (Fsp3) is 0.143. The summed E-state index contributed by atoms with van der Waals surface area (Å²) in [6, 6.07) is 11.0. The van der Waals surface area contributed by atoms with Gasteiger partial charge in [-0.05, 0) is 18.6 Å². The molecule has 0 aliphatic rings. The van der Waals surface area contributed by atoms with Gasteiger partial charge in [0.05, 0.1) is 4.92 Å². The van der Waals surface area contributed by atoms with E-state index in [4.69, 9.17) is 5.73 Å². The zero-order valence-corrected chi connectivity index (χ0v) is 11.3. The van der Waals surface area contributed by atoms with E-state index in [2.05, 4.69) is 10.3 Å². The Morgan fingerprint density at radius 1 is 1.29 bits per heavy atom. The third kappa shape index (κ3) is 3.33. The number of nitrogens with two attached hydrogens (primary N) is 1. The Morgan fingerprint density at radius 3 is 2.48 bits per heavy atom. The van der Waals surface area contributed by atoms with Crippen LogP contribution in [0.25, 0.3) is 0 Å². The molecule has 0 aliphatic carbocycles. The first kappa shape index (κ1) is 14.4. The number of amides is 1. The number of benzene rings is 1. The summed E-state index contributed by atoms with van der Waals surface area (Å²) in [6.45, 7) is 1.53. The minimum absolute atomic E-state index is 0.0733. The van der Waals surface area contributed by atoms with Crippen molar-refractivity contribution in [2.75, 3.05) is 5.32 Å². The maximum absolute atomic E-state index is 11.6. The second-order valence-corrected chi connectivity index (χ2v) is 4.45. The number of nitro groups is 1. The van der Waals surface area contributed by atoms with E-state index in [0.29, 0.717) is 11.4 Å². The second kappa shape index (κ2) is 6.00. The molecule has 0 spiro atoms. The minimum Gasteiger partial charge on any atom is -0.368 e. The highest BCUT2D eigenvalue weighted by Crippen LogP contribution is 2.22. The van der Waals surface area contributed by atoms with Crippen LogP contribution in [-0.2, 0) is 4.79 Å². The molecule has 1 aromatic carbocycles. The number of nitrogens with one attached hydrogen (secondary N) is 1. The summed E-state index contributed by atoms with van der Waals surface area (Å²) in [5.41, 5.74) is 6.28. The Kier molecular flexibility index (Phi) is 4.13. The quantitative estimate of drug-likeness (QED) is 0.644. The van der Waals surface area contributed by atoms with Crippen LogP contribution in [0.15, 0.2) is 42.5 Å². The number of aromatic nitrogens is 1. The van der Waals surface area contributed by atoms with Crippen LogP contribution in [-0.4, -0.2) is 15.8 Å². The van der Waals surface area contributed by atoms with Crippen LogP contribution in [0.3, 0.4) is 0 Å². The van der Waals surface area contributed by atoms with Gasteiger partial charge >= 0.3 is 0 Å². The van der Waals surface area contributed by atoms with E-state index in [0.717, 1.165) is 0 Å². The lowest BCUT2D eigenvalue weighted by atomic mass is 10.1. The average Bonchev–Trinajstić information content (AvgIpc) is 2.45. The Hall–Kier alpha value is -2.96. The number of hydrogen-bond donors (Lipinski definition) is 2. The van der Waals surface area contributed by atoms with Crippen molar-refractivity contribution in [2.24, 2.45) is 5.73 Å². The molecule has 1 heterocycles. The van der Waals surface area contributed by atoms with Crippen LogP contribution < -0.4 is 11.1 Å². The molecule has 0 bridgehead atoms. The van der Waals surface area contributed by atoms with Gasteiger partial charge in [-0.2, -0.15) is 0 Å². The van der Waals surface area contributed by atoms with E-state index >= 15 is 0 Å². The van der Waals surface area contributed by atoms with E-state index in [9.17, 15) is 14.9 Å².